The smallest absolute Gasteiger partial charge is 0.0850 e. The first kappa shape index (κ1) is 16.1. The monoisotopic (exact) mass is 361 g/mol. The van der Waals surface area contributed by atoms with E-state index in [4.69, 9.17) is 23.2 Å². The number of benzene rings is 2. The maximum atomic E-state index is 6.77. The highest BCUT2D eigenvalue weighted by molar-refractivity contribution is 6.39. The zero-order valence-corrected chi connectivity index (χ0v) is 15.1. The molecular weight excluding hydrogens is 341 g/mol. The first-order chi connectivity index (χ1) is 11.7. The van der Waals surface area contributed by atoms with Crippen LogP contribution in [0.4, 0.5) is 11.4 Å². The predicted molar refractivity (Wildman–Crippen MR) is 103 cm³/mol. The summed E-state index contributed by atoms with van der Waals surface area (Å²) in [4.78, 5) is 2.48. The number of nitrogens with one attached hydrogen (secondary N) is 2. The number of halogens is 2. The Morgan fingerprint density at radius 3 is 2.54 bits per heavy atom. The van der Waals surface area contributed by atoms with Crippen LogP contribution in [0.15, 0.2) is 30.3 Å². The normalized spacial score (nSPS) is 17.2. The Hall–Kier alpha value is -1.42. The lowest BCUT2D eigenvalue weighted by Gasteiger charge is -2.27. The van der Waals surface area contributed by atoms with E-state index in [-0.39, 0.29) is 0 Å². The third-order valence-corrected chi connectivity index (χ3v) is 5.63. The van der Waals surface area contributed by atoms with E-state index in [2.05, 4.69) is 39.8 Å². The number of hydrogen-bond donors (Lipinski definition) is 2. The Labute approximate surface area is 152 Å². The molecule has 2 aromatic carbocycles. The number of anilines is 2. The Kier molecular flexibility index (Phi) is 4.57. The molecule has 0 amide bonds. The minimum Gasteiger partial charge on any atom is -0.366 e. The van der Waals surface area contributed by atoms with E-state index >= 15 is 0 Å². The van der Waals surface area contributed by atoms with Crippen molar-refractivity contribution in [3.05, 3.63) is 45.9 Å². The van der Waals surface area contributed by atoms with Crippen molar-refractivity contribution in [2.45, 2.75) is 25.8 Å². The molecule has 4 rings (SSSR count). The lowest BCUT2D eigenvalue weighted by atomic mass is 10.0. The van der Waals surface area contributed by atoms with E-state index in [0.29, 0.717) is 5.02 Å². The van der Waals surface area contributed by atoms with Gasteiger partial charge in [-0.1, -0.05) is 41.8 Å². The largest absolute Gasteiger partial charge is 0.366 e. The minimum absolute atomic E-state index is 0.702. The van der Waals surface area contributed by atoms with Crippen LogP contribution in [0.2, 0.25) is 10.0 Å². The van der Waals surface area contributed by atoms with Gasteiger partial charge in [0.2, 0.25) is 0 Å². The van der Waals surface area contributed by atoms with Crippen molar-refractivity contribution in [2.24, 2.45) is 0 Å². The first-order valence-corrected chi connectivity index (χ1v) is 9.29. The van der Waals surface area contributed by atoms with Crippen molar-refractivity contribution in [2.75, 3.05) is 30.4 Å². The summed E-state index contributed by atoms with van der Waals surface area (Å²) in [5.41, 5.74) is 5.37. The average molecular weight is 362 g/mol. The maximum absolute atomic E-state index is 6.77. The molecule has 2 aliphatic heterocycles. The number of piperidine rings is 1. The number of rotatable bonds is 3. The van der Waals surface area contributed by atoms with Gasteiger partial charge in [-0.05, 0) is 55.3 Å². The molecule has 0 radical (unpaired) electrons. The van der Waals surface area contributed by atoms with E-state index in [1.165, 1.54) is 19.3 Å². The van der Waals surface area contributed by atoms with Gasteiger partial charge in [0.05, 0.1) is 23.1 Å². The second kappa shape index (κ2) is 6.83. The summed E-state index contributed by atoms with van der Waals surface area (Å²) < 4.78 is 0. The van der Waals surface area contributed by atoms with E-state index < -0.39 is 0 Å². The second-order valence-corrected chi connectivity index (χ2v) is 7.31. The highest BCUT2D eigenvalue weighted by Crippen LogP contribution is 2.40. The summed E-state index contributed by atoms with van der Waals surface area (Å²) >= 11 is 13.3. The van der Waals surface area contributed by atoms with Crippen LogP contribution in [0, 0.1) is 0 Å². The zero-order chi connectivity index (χ0) is 16.5. The van der Waals surface area contributed by atoms with Crippen molar-refractivity contribution < 1.29 is 0 Å². The Balaban J connectivity index is 1.68. The van der Waals surface area contributed by atoms with Gasteiger partial charge in [-0.2, -0.15) is 0 Å². The fourth-order valence-corrected chi connectivity index (χ4v) is 4.22. The van der Waals surface area contributed by atoms with E-state index in [1.54, 1.807) is 0 Å². The van der Waals surface area contributed by atoms with Crippen LogP contribution < -0.4 is 10.6 Å². The molecule has 2 N–H and O–H groups in total. The summed E-state index contributed by atoms with van der Waals surface area (Å²) in [5, 5.41) is 8.09. The van der Waals surface area contributed by atoms with Crippen molar-refractivity contribution in [1.29, 1.82) is 0 Å². The zero-order valence-electron chi connectivity index (χ0n) is 13.5. The second-order valence-electron chi connectivity index (χ2n) is 6.52. The third-order valence-electron chi connectivity index (χ3n) is 4.88. The van der Waals surface area contributed by atoms with E-state index in [9.17, 15) is 0 Å². The molecule has 0 aliphatic carbocycles. The van der Waals surface area contributed by atoms with Gasteiger partial charge < -0.3 is 10.6 Å². The Bertz CT molecular complexity index is 755. The molecule has 0 spiro atoms. The van der Waals surface area contributed by atoms with Gasteiger partial charge in [0.15, 0.2) is 0 Å². The van der Waals surface area contributed by atoms with Crippen molar-refractivity contribution >= 4 is 34.6 Å². The number of nitrogens with zero attached hydrogens (tertiary/aromatic N) is 1. The highest BCUT2D eigenvalue weighted by Gasteiger charge is 2.18. The number of hydrogen-bond acceptors (Lipinski definition) is 3. The van der Waals surface area contributed by atoms with Gasteiger partial charge in [-0.25, -0.2) is 0 Å². The maximum Gasteiger partial charge on any atom is 0.0850 e. The molecule has 3 nitrogen and oxygen atoms in total. The van der Waals surface area contributed by atoms with Crippen LogP contribution in [-0.4, -0.2) is 24.7 Å². The van der Waals surface area contributed by atoms with Crippen LogP contribution >= 0.6 is 23.2 Å². The van der Waals surface area contributed by atoms with Crippen LogP contribution in [0.5, 0.6) is 0 Å². The predicted octanol–water partition coefficient (Wildman–Crippen LogP) is 5.44. The fraction of sp³-hybridized carbons (Fsp3) is 0.368. The molecule has 0 saturated carbocycles. The Morgan fingerprint density at radius 2 is 1.71 bits per heavy atom. The van der Waals surface area contributed by atoms with Crippen molar-refractivity contribution in [3.63, 3.8) is 0 Å². The fourth-order valence-electron chi connectivity index (χ4n) is 3.58. The number of likely N-dealkylation sites (tertiary alicyclic amines) is 1. The third kappa shape index (κ3) is 3.08. The molecule has 126 valence electrons. The van der Waals surface area contributed by atoms with Gasteiger partial charge in [0, 0.05) is 17.1 Å². The van der Waals surface area contributed by atoms with Gasteiger partial charge in [-0.15, -0.1) is 0 Å². The van der Waals surface area contributed by atoms with Gasteiger partial charge in [0.1, 0.15) is 0 Å². The molecule has 2 heterocycles. The molecule has 0 unspecified atom stereocenters. The van der Waals surface area contributed by atoms with Gasteiger partial charge >= 0.3 is 0 Å². The molecular formula is C19H21Cl2N3. The van der Waals surface area contributed by atoms with Crippen molar-refractivity contribution in [3.8, 4) is 11.1 Å². The van der Waals surface area contributed by atoms with Gasteiger partial charge in [0.25, 0.3) is 0 Å². The van der Waals surface area contributed by atoms with Crippen LogP contribution in [0.1, 0.15) is 24.8 Å². The van der Waals surface area contributed by atoms with Crippen LogP contribution in [0.3, 0.4) is 0 Å². The molecule has 0 aromatic heterocycles. The van der Waals surface area contributed by atoms with E-state index in [0.717, 1.165) is 59.4 Å². The standard InChI is InChI=1S/C19H21Cl2N3/c20-15-6-4-14(11-24-8-2-1-3-9-24)19(21)18(15)13-5-7-16-17(10-13)23-12-22-16/h4-7,10,22-23H,1-3,8-9,11-12H2. The van der Waals surface area contributed by atoms with Crippen LogP contribution in [0.25, 0.3) is 11.1 Å². The van der Waals surface area contributed by atoms with Gasteiger partial charge in [-0.3, -0.25) is 4.90 Å². The molecule has 1 fully saturated rings. The molecule has 1 saturated heterocycles. The molecule has 2 aromatic rings. The molecule has 0 atom stereocenters. The summed E-state index contributed by atoms with van der Waals surface area (Å²) in [5.74, 6) is 0. The lowest BCUT2D eigenvalue weighted by Crippen LogP contribution is -2.29. The van der Waals surface area contributed by atoms with Crippen molar-refractivity contribution in [1.82, 2.24) is 4.90 Å². The summed E-state index contributed by atoms with van der Waals surface area (Å²) in [7, 11) is 0. The molecule has 5 heteroatoms. The summed E-state index contributed by atoms with van der Waals surface area (Å²) in [6.45, 7) is 3.97. The molecule has 0 bridgehead atoms. The average Bonchev–Trinajstić information content (AvgIpc) is 3.06. The lowest BCUT2D eigenvalue weighted by molar-refractivity contribution is 0.221. The van der Waals surface area contributed by atoms with E-state index in [1.807, 2.05) is 6.07 Å². The quantitative estimate of drug-likeness (QED) is 0.761. The first-order valence-electron chi connectivity index (χ1n) is 8.54. The summed E-state index contributed by atoms with van der Waals surface area (Å²) in [6, 6.07) is 10.3. The molecule has 2 aliphatic rings. The summed E-state index contributed by atoms with van der Waals surface area (Å²) in [6.07, 6.45) is 3.90. The SMILES string of the molecule is Clc1ccc(CN2CCCCC2)c(Cl)c1-c1ccc2c(c1)NCN2. The Morgan fingerprint density at radius 1 is 0.917 bits per heavy atom. The topological polar surface area (TPSA) is 27.3 Å². The highest BCUT2D eigenvalue weighted by atomic mass is 35.5. The molecule has 24 heavy (non-hydrogen) atoms. The van der Waals surface area contributed by atoms with Crippen LogP contribution in [-0.2, 0) is 6.54 Å². The number of fused-ring (bicyclic) bond motifs is 1. The minimum atomic E-state index is 0.702.